The molecule has 4 aromatic carbocycles. The highest BCUT2D eigenvalue weighted by molar-refractivity contribution is 6.11. The molecule has 1 aliphatic heterocycles. The molecule has 1 aliphatic rings. The van der Waals surface area contributed by atoms with Gasteiger partial charge in [0.1, 0.15) is 23.4 Å². The number of rotatable bonds is 5. The number of methoxy groups -OCH3 is 2. The number of amides is 1. The first kappa shape index (κ1) is 23.9. The smallest absolute Gasteiger partial charge is 0.251 e. The Morgan fingerprint density at radius 1 is 1.00 bits per heavy atom. The lowest BCUT2D eigenvalue weighted by Gasteiger charge is -2.29. The molecule has 38 heavy (non-hydrogen) atoms. The van der Waals surface area contributed by atoms with Gasteiger partial charge in [-0.1, -0.05) is 24.3 Å². The van der Waals surface area contributed by atoms with Gasteiger partial charge in [-0.2, -0.15) is 0 Å². The van der Waals surface area contributed by atoms with Gasteiger partial charge >= 0.3 is 0 Å². The van der Waals surface area contributed by atoms with Crippen LogP contribution in [-0.4, -0.2) is 47.4 Å². The van der Waals surface area contributed by atoms with Crippen LogP contribution in [-0.2, 0) is 13.0 Å². The fourth-order valence-electron chi connectivity index (χ4n) is 4.99. The molecule has 0 fully saturated rings. The number of carbonyl (C=O) groups excluding carboxylic acids is 1. The number of ether oxygens (including phenoxy) is 3. The van der Waals surface area contributed by atoms with Gasteiger partial charge in [0.15, 0.2) is 0 Å². The van der Waals surface area contributed by atoms with Crippen LogP contribution >= 0.6 is 0 Å². The predicted octanol–water partition coefficient (Wildman–Crippen LogP) is 4.57. The number of hydrogen-bond acceptors (Lipinski definition) is 7. The van der Waals surface area contributed by atoms with Crippen molar-refractivity contribution < 1.29 is 24.1 Å². The van der Waals surface area contributed by atoms with E-state index < -0.39 is 6.10 Å². The van der Waals surface area contributed by atoms with Crippen LogP contribution in [0.25, 0.3) is 32.8 Å². The number of benzene rings is 4. The van der Waals surface area contributed by atoms with Crippen molar-refractivity contribution in [3.05, 3.63) is 77.4 Å². The average Bonchev–Trinajstić information content (AvgIpc) is 2.95. The zero-order chi connectivity index (χ0) is 26.4. The number of carbonyl (C=O) groups is 1. The molecule has 192 valence electrons. The summed E-state index contributed by atoms with van der Waals surface area (Å²) >= 11 is 0. The van der Waals surface area contributed by atoms with Gasteiger partial charge in [0.2, 0.25) is 0 Å². The number of fused-ring (bicyclic) bond motifs is 7. The summed E-state index contributed by atoms with van der Waals surface area (Å²) in [6.07, 6.45) is -0.497. The predicted molar refractivity (Wildman–Crippen MR) is 145 cm³/mol. The molecule has 0 spiro atoms. The molecule has 2 atom stereocenters. The third-order valence-electron chi connectivity index (χ3n) is 7.11. The Hall–Kier alpha value is -4.43. The summed E-state index contributed by atoms with van der Waals surface area (Å²) in [5.41, 5.74) is 4.88. The zero-order valence-corrected chi connectivity index (χ0v) is 21.3. The van der Waals surface area contributed by atoms with Crippen LogP contribution in [0.3, 0.4) is 0 Å². The van der Waals surface area contributed by atoms with Gasteiger partial charge in [-0.15, -0.1) is 0 Å². The summed E-state index contributed by atoms with van der Waals surface area (Å²) in [6.45, 7) is 2.17. The van der Waals surface area contributed by atoms with Crippen LogP contribution in [0, 0.1) is 0 Å². The van der Waals surface area contributed by atoms with Crippen molar-refractivity contribution in [2.24, 2.45) is 0 Å². The molecular weight excluding hydrogens is 482 g/mol. The molecule has 8 heteroatoms. The topological polar surface area (TPSA) is 103 Å². The van der Waals surface area contributed by atoms with Crippen molar-refractivity contribution in [3.8, 4) is 17.2 Å². The van der Waals surface area contributed by atoms with Crippen LogP contribution in [0.2, 0.25) is 0 Å². The normalized spacial score (nSPS) is 16.7. The molecular formula is C30H27N3O5. The summed E-state index contributed by atoms with van der Waals surface area (Å²) in [7, 11) is 3.18. The number of nitrogens with one attached hydrogen (secondary N) is 1. The SMILES string of the molecule is COc1ccc(CNC(=O)c2ccc3nc4c5c(c6ccccc6c4nc3c2)OC(C)C(O)C5)c(OC)c1. The minimum atomic E-state index is -0.625. The highest BCUT2D eigenvalue weighted by Gasteiger charge is 2.29. The van der Waals surface area contributed by atoms with E-state index in [1.807, 2.05) is 43.3 Å². The van der Waals surface area contributed by atoms with E-state index in [2.05, 4.69) is 5.32 Å². The first-order valence-corrected chi connectivity index (χ1v) is 12.5. The molecule has 2 unspecified atom stereocenters. The lowest BCUT2D eigenvalue weighted by atomic mass is 9.94. The molecule has 5 aromatic rings. The summed E-state index contributed by atoms with van der Waals surface area (Å²) in [5.74, 6) is 1.85. The third-order valence-corrected chi connectivity index (χ3v) is 7.11. The van der Waals surface area contributed by atoms with Crippen LogP contribution in [0.4, 0.5) is 0 Å². The Kier molecular flexibility index (Phi) is 5.96. The second-order valence-electron chi connectivity index (χ2n) is 9.43. The quantitative estimate of drug-likeness (QED) is 0.264. The number of aromatic nitrogens is 2. The third kappa shape index (κ3) is 4.03. The van der Waals surface area contributed by atoms with Crippen LogP contribution in [0.5, 0.6) is 17.2 Å². The molecule has 1 amide bonds. The van der Waals surface area contributed by atoms with E-state index in [0.717, 1.165) is 33.2 Å². The van der Waals surface area contributed by atoms with Crippen molar-refractivity contribution in [2.75, 3.05) is 14.2 Å². The first-order chi connectivity index (χ1) is 18.5. The van der Waals surface area contributed by atoms with Gasteiger partial charge in [0.05, 0.1) is 42.4 Å². The number of hydrogen-bond donors (Lipinski definition) is 2. The van der Waals surface area contributed by atoms with Crippen molar-refractivity contribution in [1.82, 2.24) is 15.3 Å². The highest BCUT2D eigenvalue weighted by Crippen LogP contribution is 2.41. The van der Waals surface area contributed by atoms with Gasteiger partial charge in [0.25, 0.3) is 5.91 Å². The molecule has 8 nitrogen and oxygen atoms in total. The molecule has 0 saturated carbocycles. The van der Waals surface area contributed by atoms with Crippen molar-refractivity contribution in [3.63, 3.8) is 0 Å². The first-order valence-electron chi connectivity index (χ1n) is 12.5. The van der Waals surface area contributed by atoms with E-state index in [4.69, 9.17) is 24.2 Å². The number of aliphatic hydroxyl groups excluding tert-OH is 1. The van der Waals surface area contributed by atoms with E-state index >= 15 is 0 Å². The van der Waals surface area contributed by atoms with E-state index in [-0.39, 0.29) is 12.0 Å². The standard InChI is InChI=1S/C30H27N3O5/c1-16-25(34)14-22-28-27(20-6-4-5-7-21(20)29(22)38-16)33-24-12-17(9-11-23(24)32-28)30(35)31-15-18-8-10-19(36-2)13-26(18)37-3/h4-13,16,25,34H,14-15H2,1-3H3,(H,31,35). The van der Waals surface area contributed by atoms with E-state index in [0.29, 0.717) is 46.6 Å². The summed E-state index contributed by atoms with van der Waals surface area (Å²) in [6, 6.07) is 18.7. The average molecular weight is 510 g/mol. The molecule has 0 saturated heterocycles. The fourth-order valence-corrected chi connectivity index (χ4v) is 4.99. The van der Waals surface area contributed by atoms with Gasteiger partial charge in [0, 0.05) is 46.5 Å². The highest BCUT2D eigenvalue weighted by atomic mass is 16.5. The Labute approximate surface area is 219 Å². The molecule has 2 N–H and O–H groups in total. The molecule has 0 aliphatic carbocycles. The van der Waals surface area contributed by atoms with E-state index in [1.54, 1.807) is 38.5 Å². The molecule has 6 rings (SSSR count). The van der Waals surface area contributed by atoms with Crippen LogP contribution < -0.4 is 19.5 Å². The fraction of sp³-hybridized carbons (Fsp3) is 0.233. The van der Waals surface area contributed by atoms with Crippen molar-refractivity contribution in [2.45, 2.75) is 32.1 Å². The maximum absolute atomic E-state index is 13.0. The monoisotopic (exact) mass is 509 g/mol. The Balaban J connectivity index is 1.38. The van der Waals surface area contributed by atoms with Crippen LogP contribution in [0.15, 0.2) is 60.7 Å². The summed E-state index contributed by atoms with van der Waals surface area (Å²) in [5, 5.41) is 15.3. The Morgan fingerprint density at radius 2 is 1.79 bits per heavy atom. The second-order valence-corrected chi connectivity index (χ2v) is 9.43. The lowest BCUT2D eigenvalue weighted by Crippen LogP contribution is -2.35. The van der Waals surface area contributed by atoms with Gasteiger partial charge < -0.3 is 24.6 Å². The summed E-state index contributed by atoms with van der Waals surface area (Å²) in [4.78, 5) is 22.9. The van der Waals surface area contributed by atoms with Crippen molar-refractivity contribution in [1.29, 1.82) is 0 Å². The van der Waals surface area contributed by atoms with Crippen LogP contribution in [0.1, 0.15) is 28.4 Å². The summed E-state index contributed by atoms with van der Waals surface area (Å²) < 4.78 is 16.8. The molecule has 0 bridgehead atoms. The van der Waals surface area contributed by atoms with Gasteiger partial charge in [-0.3, -0.25) is 4.79 Å². The molecule has 0 radical (unpaired) electrons. The largest absolute Gasteiger partial charge is 0.497 e. The lowest BCUT2D eigenvalue weighted by molar-refractivity contribution is 0.0345. The minimum Gasteiger partial charge on any atom is -0.497 e. The van der Waals surface area contributed by atoms with Crippen molar-refractivity contribution >= 4 is 38.7 Å². The maximum Gasteiger partial charge on any atom is 0.251 e. The number of nitrogens with zero attached hydrogens (tertiary/aromatic N) is 2. The minimum absolute atomic E-state index is 0.229. The molecule has 2 heterocycles. The molecule has 1 aromatic heterocycles. The maximum atomic E-state index is 13.0. The van der Waals surface area contributed by atoms with Gasteiger partial charge in [-0.05, 0) is 37.3 Å². The Morgan fingerprint density at radius 3 is 2.58 bits per heavy atom. The van der Waals surface area contributed by atoms with E-state index in [1.165, 1.54) is 0 Å². The Bertz CT molecular complexity index is 1720. The second kappa shape index (κ2) is 9.46. The van der Waals surface area contributed by atoms with Gasteiger partial charge in [-0.25, -0.2) is 9.97 Å². The zero-order valence-electron chi connectivity index (χ0n) is 21.3. The van der Waals surface area contributed by atoms with E-state index in [9.17, 15) is 9.90 Å². The number of aliphatic hydroxyl groups is 1.